The molecule has 0 radical (unpaired) electrons. The van der Waals surface area contributed by atoms with Crippen LogP contribution in [0.4, 0.5) is 0 Å². The highest BCUT2D eigenvalue weighted by Gasteiger charge is 2.39. The molecular weight excluding hydrogens is 892 g/mol. The SMILES string of the molecule is COC(=O)C[C@@H]1N=C(c2ccc(Cl)cc2)c2c(sc(C(=O)C3CCCC(S(=O)(=O)NCc4cc(C(CC(=O)O)c5cc(OC)c6c(c5)nnn6C)ccc4Cl)C3)c2C)-n2cnnc21. The molecule has 3 aromatic heterocycles. The van der Waals surface area contributed by atoms with Crippen LogP contribution in [0.15, 0.2) is 65.9 Å². The van der Waals surface area contributed by atoms with E-state index in [0.29, 0.717) is 95.3 Å². The van der Waals surface area contributed by atoms with Crippen LogP contribution >= 0.6 is 34.5 Å². The molecule has 20 heteroatoms. The van der Waals surface area contributed by atoms with Crippen molar-refractivity contribution in [2.45, 2.75) is 69.2 Å². The number of carbonyl (C=O) groups excluding carboxylic acids is 2. The number of carboxylic acids is 1. The summed E-state index contributed by atoms with van der Waals surface area (Å²) in [6.45, 7) is 1.69. The fourth-order valence-electron chi connectivity index (χ4n) is 8.52. The summed E-state index contributed by atoms with van der Waals surface area (Å²) in [5, 5.41) is 27.3. The number of benzene rings is 3. The van der Waals surface area contributed by atoms with Crippen LogP contribution in [0.25, 0.3) is 16.0 Å². The smallest absolute Gasteiger partial charge is 0.308 e. The molecule has 3 unspecified atom stereocenters. The fraction of sp³-hybridized carbons (Fsp3) is 0.349. The molecular formula is C43H42Cl2N8O8S2. The normalized spacial score (nSPS) is 17.9. The lowest BCUT2D eigenvalue weighted by Gasteiger charge is -2.28. The fourth-order valence-corrected chi connectivity index (χ4v) is 11.7. The number of fused-ring (bicyclic) bond motifs is 4. The number of esters is 1. The number of sulfonamides is 1. The Bertz CT molecular complexity index is 2910. The first-order valence-corrected chi connectivity index (χ1v) is 23.1. The number of halogens is 2. The Balaban J connectivity index is 1.04. The first-order chi connectivity index (χ1) is 30.2. The number of nitrogens with zero attached hydrogens (tertiary/aromatic N) is 7. The van der Waals surface area contributed by atoms with E-state index < -0.39 is 45.1 Å². The van der Waals surface area contributed by atoms with Gasteiger partial charge < -0.3 is 14.6 Å². The first kappa shape index (κ1) is 44.1. The van der Waals surface area contributed by atoms with E-state index in [1.165, 1.54) is 31.9 Å². The Hall–Kier alpha value is -5.53. The molecule has 1 aliphatic carbocycles. The number of hydrogen-bond acceptors (Lipinski definition) is 13. The van der Waals surface area contributed by atoms with Crippen LogP contribution in [-0.4, -0.2) is 86.2 Å². The number of carbonyl (C=O) groups is 3. The molecule has 0 bridgehead atoms. The van der Waals surface area contributed by atoms with E-state index in [4.69, 9.17) is 37.7 Å². The van der Waals surface area contributed by atoms with E-state index in [-0.39, 0.29) is 31.6 Å². The number of ether oxygens (including phenoxy) is 2. The van der Waals surface area contributed by atoms with Crippen molar-refractivity contribution in [3.05, 3.63) is 115 Å². The molecule has 2 N–H and O–H groups in total. The van der Waals surface area contributed by atoms with Crippen molar-refractivity contribution in [3.8, 4) is 10.8 Å². The number of rotatable bonds is 14. The summed E-state index contributed by atoms with van der Waals surface area (Å²) < 4.78 is 44.7. The Morgan fingerprint density at radius 1 is 1.03 bits per heavy atom. The number of thiophene rings is 1. The van der Waals surface area contributed by atoms with E-state index in [1.807, 2.05) is 19.1 Å². The lowest BCUT2D eigenvalue weighted by atomic mass is 9.84. The number of aromatic nitrogens is 6. The zero-order valence-corrected chi connectivity index (χ0v) is 37.7. The zero-order valence-electron chi connectivity index (χ0n) is 34.5. The molecule has 328 valence electrons. The van der Waals surface area contributed by atoms with Crippen LogP contribution in [0.3, 0.4) is 0 Å². The van der Waals surface area contributed by atoms with Crippen molar-refractivity contribution in [1.29, 1.82) is 0 Å². The minimum absolute atomic E-state index is 0.0854. The minimum atomic E-state index is -3.97. The van der Waals surface area contributed by atoms with E-state index in [1.54, 1.807) is 58.8 Å². The van der Waals surface area contributed by atoms with Crippen molar-refractivity contribution in [2.75, 3.05) is 14.2 Å². The van der Waals surface area contributed by atoms with Gasteiger partial charge in [0.1, 0.15) is 34.2 Å². The van der Waals surface area contributed by atoms with Crippen molar-refractivity contribution in [1.82, 2.24) is 34.5 Å². The molecule has 2 aliphatic rings. The topological polar surface area (TPSA) is 210 Å². The van der Waals surface area contributed by atoms with Gasteiger partial charge >= 0.3 is 11.9 Å². The number of nitrogens with one attached hydrogen (secondary N) is 1. The highest BCUT2D eigenvalue weighted by atomic mass is 35.5. The van der Waals surface area contributed by atoms with Crippen LogP contribution in [0, 0.1) is 12.8 Å². The van der Waals surface area contributed by atoms with Gasteiger partial charge in [-0.05, 0) is 78.8 Å². The van der Waals surface area contributed by atoms with Crippen molar-refractivity contribution in [3.63, 3.8) is 0 Å². The molecule has 4 atom stereocenters. The molecule has 3 aromatic carbocycles. The lowest BCUT2D eigenvalue weighted by Crippen LogP contribution is -2.38. The Morgan fingerprint density at radius 3 is 2.54 bits per heavy atom. The number of Topliss-reactive ketones (excluding diaryl/α,β-unsaturated/α-hetero) is 1. The van der Waals surface area contributed by atoms with Gasteiger partial charge in [0, 0.05) is 46.6 Å². The summed E-state index contributed by atoms with van der Waals surface area (Å²) in [5.41, 5.74) is 5.50. The average Bonchev–Trinajstić information content (AvgIpc) is 3.99. The second kappa shape index (κ2) is 17.9. The highest BCUT2D eigenvalue weighted by molar-refractivity contribution is 7.90. The molecule has 63 heavy (non-hydrogen) atoms. The summed E-state index contributed by atoms with van der Waals surface area (Å²) in [5.74, 6) is -2.02. The summed E-state index contributed by atoms with van der Waals surface area (Å²) in [6, 6.07) is 15.0. The van der Waals surface area contributed by atoms with Gasteiger partial charge in [0.25, 0.3) is 0 Å². The largest absolute Gasteiger partial charge is 0.494 e. The van der Waals surface area contributed by atoms with Gasteiger partial charge in [-0.3, -0.25) is 23.9 Å². The predicted molar refractivity (Wildman–Crippen MR) is 237 cm³/mol. The quantitative estimate of drug-likeness (QED) is 0.0824. The molecule has 0 spiro atoms. The van der Waals surface area contributed by atoms with Crippen LogP contribution in [0.2, 0.25) is 10.0 Å². The molecule has 0 amide bonds. The third-order valence-corrected chi connectivity index (χ3v) is 15.5. The third kappa shape index (κ3) is 8.74. The van der Waals surface area contributed by atoms with E-state index in [9.17, 15) is 27.9 Å². The highest BCUT2D eigenvalue weighted by Crippen LogP contribution is 2.42. The number of carboxylic acid groups (broad SMARTS) is 1. The number of aryl methyl sites for hydroxylation is 1. The number of hydrogen-bond donors (Lipinski definition) is 2. The summed E-state index contributed by atoms with van der Waals surface area (Å²) in [6.07, 6.45) is 2.67. The van der Waals surface area contributed by atoms with Gasteiger partial charge in [0.15, 0.2) is 11.6 Å². The summed E-state index contributed by atoms with van der Waals surface area (Å²) in [7, 11) is 0.581. The van der Waals surface area contributed by atoms with Crippen molar-refractivity contribution >= 4 is 79.0 Å². The van der Waals surface area contributed by atoms with Gasteiger partial charge in [-0.15, -0.1) is 26.6 Å². The Labute approximate surface area is 376 Å². The Morgan fingerprint density at radius 2 is 1.81 bits per heavy atom. The number of aliphatic carboxylic acids is 1. The Kier molecular flexibility index (Phi) is 12.5. The molecule has 4 heterocycles. The van der Waals surface area contributed by atoms with Gasteiger partial charge in [-0.2, -0.15) is 0 Å². The van der Waals surface area contributed by atoms with Gasteiger partial charge in [0.05, 0.1) is 42.9 Å². The summed E-state index contributed by atoms with van der Waals surface area (Å²) >= 11 is 14.1. The first-order valence-electron chi connectivity index (χ1n) is 20.0. The number of aliphatic imine (C=N–C) groups is 1. The zero-order chi connectivity index (χ0) is 44.7. The molecule has 8 rings (SSSR count). The monoisotopic (exact) mass is 932 g/mol. The number of ketones is 1. The van der Waals surface area contributed by atoms with Crippen molar-refractivity contribution in [2.24, 2.45) is 18.0 Å². The maximum Gasteiger partial charge on any atom is 0.308 e. The van der Waals surface area contributed by atoms with Gasteiger partial charge in [-0.1, -0.05) is 59.1 Å². The van der Waals surface area contributed by atoms with Crippen LogP contribution in [-0.2, 0) is 37.9 Å². The van der Waals surface area contributed by atoms with E-state index in [0.717, 1.165) is 5.56 Å². The third-order valence-electron chi connectivity index (χ3n) is 11.7. The number of methoxy groups -OCH3 is 2. The predicted octanol–water partition coefficient (Wildman–Crippen LogP) is 7.16. The van der Waals surface area contributed by atoms with Crippen LogP contribution in [0.5, 0.6) is 5.75 Å². The van der Waals surface area contributed by atoms with Crippen LogP contribution in [0.1, 0.15) is 99.4 Å². The second-order valence-corrected chi connectivity index (χ2v) is 19.5. The lowest BCUT2D eigenvalue weighted by molar-refractivity contribution is -0.141. The van der Waals surface area contributed by atoms with Gasteiger partial charge in [0.2, 0.25) is 10.0 Å². The maximum atomic E-state index is 14.6. The summed E-state index contributed by atoms with van der Waals surface area (Å²) in [4.78, 5) is 44.8. The average molecular weight is 934 g/mol. The molecule has 1 saturated carbocycles. The molecule has 6 aromatic rings. The second-order valence-electron chi connectivity index (χ2n) is 15.6. The molecule has 16 nitrogen and oxygen atoms in total. The standard InChI is InChI=1S/C43H42Cl2N8O8S2/c1-22-37-38(23-8-11-28(44)12-9-23)48-33(19-36(56)61-4)42-50-46-21-53(42)43(37)62-41(22)40(57)25-6-5-7-29(15-25)63(58,59)47-20-27-14-24(10-13-31(27)45)30(18-35(54)55)26-16-32-39(34(17-26)60-3)52(2)51-49-32/h8-14,16-17,21,25,29-30,33,47H,5-7,15,18-20H2,1-4H3,(H,54,55)/t25?,29?,30?,33-/m0/s1. The molecule has 0 saturated heterocycles. The van der Waals surface area contributed by atoms with Gasteiger partial charge in [-0.25, -0.2) is 17.8 Å². The maximum absolute atomic E-state index is 14.6. The minimum Gasteiger partial charge on any atom is -0.494 e. The molecule has 1 aliphatic heterocycles. The van der Waals surface area contributed by atoms with Crippen LogP contribution < -0.4 is 9.46 Å². The van der Waals surface area contributed by atoms with E-state index >= 15 is 0 Å². The van der Waals surface area contributed by atoms with Crippen molar-refractivity contribution < 1.29 is 37.4 Å². The molecule has 1 fully saturated rings. The van der Waals surface area contributed by atoms with E-state index in [2.05, 4.69) is 25.2 Å².